The number of benzene rings is 7. The van der Waals surface area contributed by atoms with Crippen LogP contribution in [0.5, 0.6) is 0 Å². The molecule has 50 heavy (non-hydrogen) atoms. The van der Waals surface area contributed by atoms with Crippen molar-refractivity contribution in [1.29, 1.82) is 0 Å². The van der Waals surface area contributed by atoms with Crippen molar-refractivity contribution in [3.05, 3.63) is 187 Å². The number of aromatic nitrogens is 3. The van der Waals surface area contributed by atoms with Gasteiger partial charge < -0.3 is 4.57 Å². The lowest BCUT2D eigenvalue weighted by Crippen LogP contribution is -1.99. The molecular formula is C47H31N3. The second-order valence-corrected chi connectivity index (χ2v) is 13.0. The largest absolute Gasteiger partial charge is 0.309 e. The number of hydrogen-bond donors (Lipinski definition) is 0. The van der Waals surface area contributed by atoms with Crippen LogP contribution in [0.4, 0.5) is 0 Å². The maximum atomic E-state index is 5.21. The highest BCUT2D eigenvalue weighted by Gasteiger charge is 2.28. The third-order valence-electron chi connectivity index (χ3n) is 10.1. The minimum Gasteiger partial charge on any atom is -0.309 e. The van der Waals surface area contributed by atoms with Gasteiger partial charge in [0.2, 0.25) is 0 Å². The summed E-state index contributed by atoms with van der Waals surface area (Å²) < 4.78 is 2.38. The summed E-state index contributed by atoms with van der Waals surface area (Å²) in [6.45, 7) is 0. The van der Waals surface area contributed by atoms with Crippen LogP contribution in [0.1, 0.15) is 11.1 Å². The molecule has 3 heteroatoms. The van der Waals surface area contributed by atoms with Crippen LogP contribution in [0.3, 0.4) is 0 Å². The topological polar surface area (TPSA) is 30.7 Å². The first-order chi connectivity index (χ1) is 24.8. The molecule has 0 amide bonds. The number of nitrogens with zero attached hydrogens (tertiary/aromatic N) is 3. The lowest BCUT2D eigenvalue weighted by atomic mass is 9.93. The highest BCUT2D eigenvalue weighted by atomic mass is 15.0. The van der Waals surface area contributed by atoms with Crippen molar-refractivity contribution < 1.29 is 0 Å². The maximum absolute atomic E-state index is 5.21. The number of rotatable bonds is 5. The molecule has 1 aliphatic carbocycles. The molecule has 0 bridgehead atoms. The van der Waals surface area contributed by atoms with E-state index < -0.39 is 0 Å². The molecule has 0 saturated carbocycles. The SMILES string of the molecule is c1ccc(-c2nc(-c3ccccc3)c3c(n2)-c2cccc(-c4cccc(-c5cccc(-n6c7ccccc7c7ccccc76)c5)c4)c2C3)cc1. The molecule has 234 valence electrons. The Balaban J connectivity index is 1.08. The minimum absolute atomic E-state index is 0.756. The Labute approximate surface area is 290 Å². The zero-order chi connectivity index (χ0) is 33.0. The highest BCUT2D eigenvalue weighted by Crippen LogP contribution is 2.45. The summed E-state index contributed by atoms with van der Waals surface area (Å²) in [4.78, 5) is 10.4. The Morgan fingerprint density at radius 3 is 1.66 bits per heavy atom. The molecule has 0 aliphatic heterocycles. The molecule has 0 radical (unpaired) electrons. The Bertz CT molecular complexity index is 2670. The fourth-order valence-electron chi connectivity index (χ4n) is 7.76. The number of fused-ring (bicyclic) bond motifs is 6. The van der Waals surface area contributed by atoms with E-state index in [1.807, 2.05) is 18.2 Å². The smallest absolute Gasteiger partial charge is 0.160 e. The maximum Gasteiger partial charge on any atom is 0.160 e. The lowest BCUT2D eigenvalue weighted by molar-refractivity contribution is 1.13. The van der Waals surface area contributed by atoms with Gasteiger partial charge in [-0.1, -0.05) is 146 Å². The summed E-state index contributed by atoms with van der Waals surface area (Å²) in [6.07, 6.45) is 0.785. The summed E-state index contributed by atoms with van der Waals surface area (Å²) in [6, 6.07) is 62.7. The van der Waals surface area contributed by atoms with Gasteiger partial charge in [0.1, 0.15) is 0 Å². The Hall–Kier alpha value is -6.58. The fraction of sp³-hybridized carbons (Fsp3) is 0.0213. The molecule has 7 aromatic carbocycles. The van der Waals surface area contributed by atoms with E-state index in [4.69, 9.17) is 9.97 Å². The zero-order valence-electron chi connectivity index (χ0n) is 27.3. The van der Waals surface area contributed by atoms with E-state index in [0.717, 1.165) is 40.4 Å². The van der Waals surface area contributed by atoms with Crippen molar-refractivity contribution in [3.63, 3.8) is 0 Å². The van der Waals surface area contributed by atoms with E-state index in [0.29, 0.717) is 0 Å². The van der Waals surface area contributed by atoms with E-state index in [1.165, 1.54) is 60.8 Å². The van der Waals surface area contributed by atoms with Crippen LogP contribution in [0.15, 0.2) is 176 Å². The third-order valence-corrected chi connectivity index (χ3v) is 10.1. The van der Waals surface area contributed by atoms with Gasteiger partial charge in [0.15, 0.2) is 5.82 Å². The standard InChI is InChI=1S/C47H31N3/c1-3-14-31(15-4-1)45-42-30-41-37(24-13-25-40(41)46(42)49-47(48-45)32-16-5-2-6-17-32)35-20-11-18-33(28-35)34-19-12-21-36(29-34)50-43-26-9-7-22-38(43)39-23-8-10-27-44(39)50/h1-29H,30H2. The van der Waals surface area contributed by atoms with Crippen LogP contribution in [-0.2, 0) is 6.42 Å². The van der Waals surface area contributed by atoms with Crippen molar-refractivity contribution >= 4 is 21.8 Å². The molecule has 0 spiro atoms. The van der Waals surface area contributed by atoms with Crippen molar-refractivity contribution in [2.24, 2.45) is 0 Å². The van der Waals surface area contributed by atoms with Gasteiger partial charge in [-0.05, 0) is 58.1 Å². The normalized spacial score (nSPS) is 11.9. The van der Waals surface area contributed by atoms with Crippen LogP contribution in [0.2, 0.25) is 0 Å². The summed E-state index contributed by atoms with van der Waals surface area (Å²) in [5.41, 5.74) is 16.3. The fourth-order valence-corrected chi connectivity index (χ4v) is 7.76. The average molecular weight is 638 g/mol. The lowest BCUT2D eigenvalue weighted by Gasteiger charge is -2.13. The predicted octanol–water partition coefficient (Wildman–Crippen LogP) is 11.8. The molecular weight excluding hydrogens is 607 g/mol. The van der Waals surface area contributed by atoms with Crippen molar-refractivity contribution in [1.82, 2.24) is 14.5 Å². The Morgan fingerprint density at radius 1 is 0.380 bits per heavy atom. The van der Waals surface area contributed by atoms with Gasteiger partial charge in [0, 0.05) is 45.1 Å². The van der Waals surface area contributed by atoms with Crippen LogP contribution < -0.4 is 0 Å². The van der Waals surface area contributed by atoms with E-state index in [9.17, 15) is 0 Å². The quantitative estimate of drug-likeness (QED) is 0.188. The van der Waals surface area contributed by atoms with E-state index >= 15 is 0 Å². The van der Waals surface area contributed by atoms with Gasteiger partial charge in [0.25, 0.3) is 0 Å². The van der Waals surface area contributed by atoms with E-state index in [-0.39, 0.29) is 0 Å². The van der Waals surface area contributed by atoms with Crippen molar-refractivity contribution in [3.8, 4) is 61.8 Å². The van der Waals surface area contributed by atoms with Gasteiger partial charge in [-0.3, -0.25) is 0 Å². The van der Waals surface area contributed by atoms with Crippen LogP contribution in [0, 0.1) is 0 Å². The first-order valence-electron chi connectivity index (χ1n) is 17.1. The van der Waals surface area contributed by atoms with E-state index in [2.05, 4.69) is 162 Å². The molecule has 2 heterocycles. The zero-order valence-corrected chi connectivity index (χ0v) is 27.3. The highest BCUT2D eigenvalue weighted by molar-refractivity contribution is 6.09. The molecule has 0 unspecified atom stereocenters. The molecule has 0 saturated heterocycles. The predicted molar refractivity (Wildman–Crippen MR) is 206 cm³/mol. The summed E-state index contributed by atoms with van der Waals surface area (Å²) >= 11 is 0. The third kappa shape index (κ3) is 4.59. The molecule has 2 aromatic heterocycles. The van der Waals surface area contributed by atoms with Crippen LogP contribution in [0.25, 0.3) is 83.6 Å². The molecule has 9 aromatic rings. The van der Waals surface area contributed by atoms with Gasteiger partial charge in [-0.15, -0.1) is 0 Å². The summed E-state index contributed by atoms with van der Waals surface area (Å²) in [5.74, 6) is 0.756. The number of hydrogen-bond acceptors (Lipinski definition) is 2. The first kappa shape index (κ1) is 28.4. The minimum atomic E-state index is 0.756. The Kier molecular flexibility index (Phi) is 6.56. The van der Waals surface area contributed by atoms with Gasteiger partial charge in [0.05, 0.1) is 22.4 Å². The van der Waals surface area contributed by atoms with Gasteiger partial charge >= 0.3 is 0 Å². The summed E-state index contributed by atoms with van der Waals surface area (Å²) in [5, 5.41) is 2.54. The molecule has 0 atom stereocenters. The van der Waals surface area contributed by atoms with E-state index in [1.54, 1.807) is 0 Å². The molecule has 3 nitrogen and oxygen atoms in total. The number of para-hydroxylation sites is 2. The summed E-state index contributed by atoms with van der Waals surface area (Å²) in [7, 11) is 0. The molecule has 0 N–H and O–H groups in total. The second-order valence-electron chi connectivity index (χ2n) is 13.0. The first-order valence-corrected chi connectivity index (χ1v) is 17.1. The van der Waals surface area contributed by atoms with Crippen molar-refractivity contribution in [2.75, 3.05) is 0 Å². The monoisotopic (exact) mass is 637 g/mol. The average Bonchev–Trinajstić information content (AvgIpc) is 3.74. The van der Waals surface area contributed by atoms with Gasteiger partial charge in [-0.2, -0.15) is 0 Å². The molecule has 0 fully saturated rings. The van der Waals surface area contributed by atoms with Crippen LogP contribution >= 0.6 is 0 Å². The van der Waals surface area contributed by atoms with Gasteiger partial charge in [-0.25, -0.2) is 9.97 Å². The molecule has 10 rings (SSSR count). The van der Waals surface area contributed by atoms with Crippen LogP contribution in [-0.4, -0.2) is 14.5 Å². The Morgan fingerprint density at radius 2 is 0.920 bits per heavy atom. The van der Waals surface area contributed by atoms with Crippen molar-refractivity contribution in [2.45, 2.75) is 6.42 Å². The second kappa shape index (κ2) is 11.5. The molecule has 1 aliphatic rings.